The van der Waals surface area contributed by atoms with Gasteiger partial charge in [-0.05, 0) is 118 Å². The first-order chi connectivity index (χ1) is 49.8. The Balaban J connectivity index is 1.54. The summed E-state index contributed by atoms with van der Waals surface area (Å²) >= 11 is 20.9. The van der Waals surface area contributed by atoms with Crippen molar-refractivity contribution in [2.75, 3.05) is 146 Å². The molecule has 3 saturated heterocycles. The van der Waals surface area contributed by atoms with E-state index in [0.29, 0.717) is 90.0 Å². The van der Waals surface area contributed by atoms with Crippen LogP contribution >= 0.6 is 26.9 Å². The fourth-order valence-electron chi connectivity index (χ4n) is 11.0. The van der Waals surface area contributed by atoms with Gasteiger partial charge in [-0.3, -0.25) is 19.3 Å². The average Bonchev–Trinajstić information content (AvgIpc) is 0.818. The van der Waals surface area contributed by atoms with Crippen LogP contribution in [-0.2, 0) is 140 Å². The summed E-state index contributed by atoms with van der Waals surface area (Å²) in [5.41, 5.74) is -1.02. The minimum Gasteiger partial charge on any atom is -0.394 e. The van der Waals surface area contributed by atoms with E-state index in [4.69, 9.17) is 126 Å². The molecule has 3 rings (SSSR count). The Kier molecular flexibility index (Phi) is 50.7. The average molecular weight is 1670 g/mol. The van der Waals surface area contributed by atoms with Crippen LogP contribution in [-0.4, -0.2) is 321 Å². The van der Waals surface area contributed by atoms with Crippen molar-refractivity contribution in [1.82, 2.24) is 20.9 Å². The molecular weight excluding hydrogens is 1550 g/mol. The van der Waals surface area contributed by atoms with E-state index in [2.05, 4.69) is 16.0 Å². The Morgan fingerprint density at radius 1 is 0.400 bits per heavy atom. The van der Waals surface area contributed by atoms with Crippen LogP contribution in [0.25, 0.3) is 0 Å². The molecular formula is C61H120N4O32P4S4. The number of nitrogens with zero attached hydrogens (tertiary/aromatic N) is 1. The fraction of sp³-hybridized carbons (Fsp3) is 0.951. The van der Waals surface area contributed by atoms with Gasteiger partial charge in [-0.15, -0.1) is 0 Å². The number of aliphatic hydroxyl groups is 8. The molecule has 0 aromatic rings. The summed E-state index contributed by atoms with van der Waals surface area (Å²) < 4.78 is 97.3. The van der Waals surface area contributed by atoms with Gasteiger partial charge in [-0.25, -0.2) is 0 Å². The first-order valence-electron chi connectivity index (χ1n) is 35.5. The number of carbonyl (C=O) groups excluding carboxylic acids is 3. The molecule has 3 aliphatic rings. The lowest BCUT2D eigenvalue weighted by atomic mass is 9.89. The lowest BCUT2D eigenvalue weighted by Gasteiger charge is -2.43. The van der Waals surface area contributed by atoms with Gasteiger partial charge in [0, 0.05) is 80.0 Å². The number of likely N-dealkylation sites (N-methyl/N-ethyl adjacent to an activating group) is 1. The number of aliphatic hydroxyl groups excluding tert-OH is 8. The van der Waals surface area contributed by atoms with E-state index in [-0.39, 0.29) is 137 Å². The highest BCUT2D eigenvalue weighted by atomic mass is 32.5. The summed E-state index contributed by atoms with van der Waals surface area (Å²) in [5.74, 6) is -1.71. The van der Waals surface area contributed by atoms with Crippen molar-refractivity contribution in [3.8, 4) is 0 Å². The van der Waals surface area contributed by atoms with E-state index in [1.165, 1.54) is 27.9 Å². The molecule has 0 bridgehead atoms. The summed E-state index contributed by atoms with van der Waals surface area (Å²) in [6.07, 6.45) is -4.08. The van der Waals surface area contributed by atoms with Crippen molar-refractivity contribution in [2.24, 2.45) is 5.92 Å². The molecule has 0 aromatic carbocycles. The lowest BCUT2D eigenvalue weighted by Crippen LogP contribution is -2.64. The maximum atomic E-state index is 11.8. The quantitative estimate of drug-likeness (QED) is 0.0295. The second-order valence-electron chi connectivity index (χ2n) is 25.6. The van der Waals surface area contributed by atoms with Crippen molar-refractivity contribution in [3.05, 3.63) is 0 Å². The molecule has 3 aliphatic heterocycles. The Morgan fingerprint density at radius 2 is 0.676 bits per heavy atom. The zero-order valence-corrected chi connectivity index (χ0v) is 67.9. The van der Waals surface area contributed by atoms with Gasteiger partial charge in [0.1, 0.15) is 54.7 Å². The zero-order chi connectivity index (χ0) is 78.1. The van der Waals surface area contributed by atoms with Crippen molar-refractivity contribution >= 4 is 91.8 Å². The Bertz CT molecular complexity index is 2370. The van der Waals surface area contributed by atoms with Crippen LogP contribution in [0.1, 0.15) is 130 Å². The third-order valence-electron chi connectivity index (χ3n) is 17.0. The summed E-state index contributed by atoms with van der Waals surface area (Å²) in [5, 5.41) is 89.0. The highest BCUT2D eigenvalue weighted by Crippen LogP contribution is 2.46. The third kappa shape index (κ3) is 40.1. The zero-order valence-electron chi connectivity index (χ0n) is 61.0. The molecule has 36 nitrogen and oxygen atoms in total. The number of nitrogens with one attached hydrogen (secondary N) is 3. The summed E-state index contributed by atoms with van der Waals surface area (Å²) in [6, 6.07) is -2.90. The molecule has 0 aromatic heterocycles. The largest absolute Gasteiger partial charge is 0.394 e. The normalized spacial score (nSPS) is 28.0. The first kappa shape index (κ1) is 99.0. The molecule has 3 amide bonds. The first-order valence-corrected chi connectivity index (χ1v) is 45.8. The fourth-order valence-corrected chi connectivity index (χ4v) is 15.4. The minimum absolute atomic E-state index is 0.00561. The number of hydrogen-bond donors (Lipinski definition) is 15. The molecule has 0 spiro atoms. The molecule has 105 heavy (non-hydrogen) atoms. The van der Waals surface area contributed by atoms with Crippen LogP contribution in [0.2, 0.25) is 0 Å². The predicted octanol–water partition coefficient (Wildman–Crippen LogP) is 0.734. The molecule has 0 saturated carbocycles. The van der Waals surface area contributed by atoms with Crippen LogP contribution in [0.3, 0.4) is 0 Å². The Morgan fingerprint density at radius 3 is 0.981 bits per heavy atom. The smallest absolute Gasteiger partial charge is 0.324 e. The van der Waals surface area contributed by atoms with Gasteiger partial charge in [0.05, 0.1) is 104 Å². The van der Waals surface area contributed by atoms with E-state index >= 15 is 0 Å². The van der Waals surface area contributed by atoms with Crippen LogP contribution in [0, 0.1) is 5.92 Å². The number of rotatable bonds is 61. The van der Waals surface area contributed by atoms with E-state index < -0.39 is 149 Å². The minimum atomic E-state index is -3.65. The lowest BCUT2D eigenvalue weighted by molar-refractivity contribution is -0.270. The number of carbonyl (C=O) groups is 3. The molecule has 3 heterocycles. The molecule has 0 aliphatic carbocycles. The van der Waals surface area contributed by atoms with Gasteiger partial charge in [0.2, 0.25) is 17.7 Å². The number of ether oxygens (including phenoxy) is 9. The van der Waals surface area contributed by atoms with Gasteiger partial charge >= 0.3 is 26.9 Å². The van der Waals surface area contributed by atoms with Crippen molar-refractivity contribution < 1.29 is 154 Å². The standard InChI is InChI=1S/C61H120N4O32P4S4/c1-43-47(37-66)95-58(50(53(43)72)62-44(2)69)85-27-13-7-10-16-30-89-99(78,103)92-34-20-24-82-40-61(65(5)23-19-33-88-98(77,102)81-6,41-83-25-21-35-93-100(79,104)90-31-17-11-8-14-28-86-59-51(63-45(3)70)56(75)54(73)48(38-67)96-59)42-84-26-22-36-94-101(80,105)91-32-18-12-9-15-29-87-60-52(64-46(4)71)57(76)55(74)49(39-68)97-60/h43,47-60,66-68,72-76H,7-42H2,1-6H3,(H,62,69)(H,63,70)(H,64,71)(H,77,102)(H,78,103)(H,79,104)(H,80,105)/t43-,47?,48?,49?,50-,51-,52?,53?,54-,55-,56?,57+,58+,59+,60+,61?,98?,99?,100?,101?/m0/s1. The molecule has 620 valence electrons. The molecule has 0 radical (unpaired) electrons. The highest BCUT2D eigenvalue weighted by Gasteiger charge is 2.48. The third-order valence-corrected chi connectivity index (χ3v) is 23.7. The highest BCUT2D eigenvalue weighted by molar-refractivity contribution is 8.08. The molecule has 20 atom stereocenters. The molecule has 11 unspecified atom stereocenters. The maximum Gasteiger partial charge on any atom is 0.324 e. The van der Waals surface area contributed by atoms with Crippen LogP contribution < -0.4 is 16.0 Å². The molecule has 44 heteroatoms. The number of amides is 3. The van der Waals surface area contributed by atoms with Gasteiger partial charge in [0.25, 0.3) is 0 Å². The summed E-state index contributed by atoms with van der Waals surface area (Å²) in [7, 11) is 3.08. The summed E-state index contributed by atoms with van der Waals surface area (Å²) in [6.45, 7) is -8.51. The van der Waals surface area contributed by atoms with Crippen LogP contribution in [0.5, 0.6) is 0 Å². The van der Waals surface area contributed by atoms with E-state index in [1.807, 2.05) is 11.9 Å². The SMILES string of the molecule is COP(O)(=S)OCCCN(C)C(COCCCOP(O)(=S)OCCCCCCO[C@@H]1OC(CO)[C@H](O)[C@H](O)C1NC(C)=O)(COCCCOP(O)(=S)OCCCCCCO[C@@H]1OC(CO)[C@H](C)C(O)[C@@H]1NC(C)=O)COCCCOP(O)(=S)OCCCCCCO[C@@H]1OC(CO)[C@H](O)C(O)[C@@H]1NC(C)=O. The Hall–Kier alpha value is -0.190. The van der Waals surface area contributed by atoms with E-state index in [9.17, 15) is 74.8 Å². The van der Waals surface area contributed by atoms with Gasteiger partial charge in [0.15, 0.2) is 18.9 Å². The second kappa shape index (κ2) is 53.8. The number of hydrogen-bond acceptors (Lipinski definition) is 33. The Labute approximate surface area is 636 Å². The predicted molar refractivity (Wildman–Crippen MR) is 393 cm³/mol. The number of unbranched alkanes of at least 4 members (excludes halogenated alkanes) is 9. The van der Waals surface area contributed by atoms with Crippen molar-refractivity contribution in [3.63, 3.8) is 0 Å². The van der Waals surface area contributed by atoms with Crippen LogP contribution in [0.15, 0.2) is 0 Å². The monoisotopic (exact) mass is 1670 g/mol. The van der Waals surface area contributed by atoms with Gasteiger partial charge in [-0.2, -0.15) is 0 Å². The van der Waals surface area contributed by atoms with Crippen LogP contribution in [0.4, 0.5) is 0 Å². The van der Waals surface area contributed by atoms with Gasteiger partial charge < -0.3 is 155 Å². The molecule has 15 N–H and O–H groups in total. The van der Waals surface area contributed by atoms with E-state index in [1.54, 1.807) is 6.92 Å². The summed E-state index contributed by atoms with van der Waals surface area (Å²) in [4.78, 5) is 80.1. The van der Waals surface area contributed by atoms with E-state index in [0.717, 1.165) is 0 Å². The van der Waals surface area contributed by atoms with Crippen molar-refractivity contribution in [1.29, 1.82) is 0 Å². The maximum absolute atomic E-state index is 11.8. The van der Waals surface area contributed by atoms with Crippen molar-refractivity contribution in [2.45, 2.75) is 222 Å². The van der Waals surface area contributed by atoms with Gasteiger partial charge in [-0.1, -0.05) is 45.4 Å². The topological polar surface area (TPSA) is 490 Å². The molecule has 3 fully saturated rings. The second-order valence-corrected chi connectivity index (χ2v) is 37.1.